The minimum absolute atomic E-state index is 0.0632. The maximum absolute atomic E-state index is 13.1. The van der Waals surface area contributed by atoms with Crippen molar-refractivity contribution >= 4 is 33.2 Å². The minimum Gasteiger partial charge on any atom is -0.495 e. The van der Waals surface area contributed by atoms with E-state index in [1.54, 1.807) is 37.1 Å². The average molecular weight is 488 g/mol. The Morgan fingerprint density at radius 2 is 1.85 bits per heavy atom. The molecule has 0 aliphatic carbocycles. The third kappa shape index (κ3) is 4.79. The molecular weight excluding hydrogens is 458 g/mol. The number of amides is 2. The van der Waals surface area contributed by atoms with Gasteiger partial charge in [0, 0.05) is 31.7 Å². The summed E-state index contributed by atoms with van der Waals surface area (Å²) in [5, 5.41) is 2.84. The first-order valence-corrected chi connectivity index (χ1v) is 12.6. The molecule has 0 radical (unpaired) electrons. The highest BCUT2D eigenvalue weighted by Crippen LogP contribution is 2.34. The molecule has 182 valence electrons. The molecule has 1 atom stereocenters. The number of methoxy groups -OCH3 is 1. The Bertz CT molecular complexity index is 1210. The van der Waals surface area contributed by atoms with Crippen LogP contribution in [0.15, 0.2) is 41.3 Å². The van der Waals surface area contributed by atoms with Gasteiger partial charge in [0.2, 0.25) is 21.8 Å². The van der Waals surface area contributed by atoms with Crippen molar-refractivity contribution in [2.45, 2.75) is 25.2 Å². The second kappa shape index (κ2) is 9.73. The number of carbonyl (C=O) groups is 2. The summed E-state index contributed by atoms with van der Waals surface area (Å²) in [5.74, 6) is -0.496. The van der Waals surface area contributed by atoms with Gasteiger partial charge in [-0.2, -0.15) is 4.31 Å². The lowest BCUT2D eigenvalue weighted by atomic mass is 10.1. The highest BCUT2D eigenvalue weighted by atomic mass is 32.2. The van der Waals surface area contributed by atoms with E-state index in [4.69, 9.17) is 9.47 Å². The van der Waals surface area contributed by atoms with E-state index >= 15 is 0 Å². The van der Waals surface area contributed by atoms with Crippen molar-refractivity contribution in [3.05, 3.63) is 47.5 Å². The molecule has 10 heteroatoms. The van der Waals surface area contributed by atoms with Crippen molar-refractivity contribution in [1.82, 2.24) is 4.31 Å². The molecule has 0 saturated carbocycles. The quantitative estimate of drug-likeness (QED) is 0.671. The minimum atomic E-state index is -3.70. The van der Waals surface area contributed by atoms with E-state index in [9.17, 15) is 18.0 Å². The van der Waals surface area contributed by atoms with Crippen LogP contribution >= 0.6 is 0 Å². The van der Waals surface area contributed by atoms with Crippen LogP contribution in [0.1, 0.15) is 17.5 Å². The predicted molar refractivity (Wildman–Crippen MR) is 128 cm³/mol. The Morgan fingerprint density at radius 1 is 1.12 bits per heavy atom. The molecule has 2 saturated heterocycles. The molecule has 34 heavy (non-hydrogen) atoms. The van der Waals surface area contributed by atoms with Crippen LogP contribution in [0.2, 0.25) is 0 Å². The summed E-state index contributed by atoms with van der Waals surface area (Å²) >= 11 is 0. The van der Waals surface area contributed by atoms with Gasteiger partial charge in [0.25, 0.3) is 0 Å². The Morgan fingerprint density at radius 3 is 2.56 bits per heavy atom. The average Bonchev–Trinajstić information content (AvgIpc) is 3.22. The van der Waals surface area contributed by atoms with Crippen molar-refractivity contribution in [2.75, 3.05) is 50.2 Å². The van der Waals surface area contributed by atoms with Crippen LogP contribution in [0.3, 0.4) is 0 Å². The Hall–Kier alpha value is -2.95. The van der Waals surface area contributed by atoms with Gasteiger partial charge < -0.3 is 19.7 Å². The Kier molecular flexibility index (Phi) is 6.92. The maximum Gasteiger partial charge on any atom is 0.243 e. The third-order valence-corrected chi connectivity index (χ3v) is 8.09. The summed E-state index contributed by atoms with van der Waals surface area (Å²) in [6.45, 7) is 5.23. The number of benzene rings is 2. The molecule has 9 nitrogen and oxygen atoms in total. The van der Waals surface area contributed by atoms with Crippen LogP contribution in [0.4, 0.5) is 11.4 Å². The van der Waals surface area contributed by atoms with E-state index in [1.807, 2.05) is 19.1 Å². The predicted octanol–water partition coefficient (Wildman–Crippen LogP) is 2.32. The largest absolute Gasteiger partial charge is 0.495 e. The SMILES string of the molecule is COc1ccc(C)cc1N1CC(C(=O)Nc2cc(S(=O)(=O)N3CCOCC3)ccc2C)CC1=O. The van der Waals surface area contributed by atoms with E-state index in [1.165, 1.54) is 10.4 Å². The third-order valence-electron chi connectivity index (χ3n) is 6.20. The molecule has 1 unspecified atom stereocenters. The fourth-order valence-electron chi connectivity index (χ4n) is 4.19. The molecular formula is C24H29N3O6S. The zero-order valence-corrected chi connectivity index (χ0v) is 20.4. The van der Waals surface area contributed by atoms with Crippen LogP contribution in [0.5, 0.6) is 5.75 Å². The topological polar surface area (TPSA) is 105 Å². The molecule has 4 rings (SSSR count). The molecule has 2 fully saturated rings. The molecule has 2 heterocycles. The maximum atomic E-state index is 13.1. The lowest BCUT2D eigenvalue weighted by Crippen LogP contribution is -2.40. The van der Waals surface area contributed by atoms with Crippen molar-refractivity contribution < 1.29 is 27.5 Å². The smallest absolute Gasteiger partial charge is 0.243 e. The number of hydrogen-bond acceptors (Lipinski definition) is 6. The zero-order valence-electron chi connectivity index (χ0n) is 19.5. The standard InChI is InChI=1S/C24H29N3O6S/c1-16-4-7-22(32-3)21(12-16)27-15-18(13-23(27)28)24(29)25-20-14-19(6-5-17(20)2)34(30,31)26-8-10-33-11-9-26/h4-7,12,14,18H,8-11,13,15H2,1-3H3,(H,25,29). The van der Waals surface area contributed by atoms with Crippen molar-refractivity contribution in [3.63, 3.8) is 0 Å². The molecule has 2 aromatic carbocycles. The van der Waals surface area contributed by atoms with Crippen LogP contribution in [0.25, 0.3) is 0 Å². The van der Waals surface area contributed by atoms with Gasteiger partial charge in [0.1, 0.15) is 5.75 Å². The van der Waals surface area contributed by atoms with Crippen LogP contribution in [-0.2, 0) is 24.3 Å². The van der Waals surface area contributed by atoms with Gasteiger partial charge in [-0.15, -0.1) is 0 Å². The summed E-state index contributed by atoms with van der Waals surface area (Å²) in [4.78, 5) is 27.5. The fraction of sp³-hybridized carbons (Fsp3) is 0.417. The Balaban J connectivity index is 1.52. The first kappa shape index (κ1) is 24.2. The van der Waals surface area contributed by atoms with Gasteiger partial charge in [0.05, 0.1) is 36.8 Å². The molecule has 0 bridgehead atoms. The highest BCUT2D eigenvalue weighted by molar-refractivity contribution is 7.89. The number of hydrogen-bond donors (Lipinski definition) is 1. The van der Waals surface area contributed by atoms with Gasteiger partial charge >= 0.3 is 0 Å². The van der Waals surface area contributed by atoms with Gasteiger partial charge in [0.15, 0.2) is 0 Å². The van der Waals surface area contributed by atoms with E-state index in [2.05, 4.69) is 5.32 Å². The molecule has 2 aliphatic rings. The zero-order chi connectivity index (χ0) is 24.5. The number of rotatable bonds is 6. The van der Waals surface area contributed by atoms with E-state index in [0.717, 1.165) is 11.1 Å². The number of nitrogens with zero attached hydrogens (tertiary/aromatic N) is 2. The van der Waals surface area contributed by atoms with Gasteiger partial charge in [-0.05, 0) is 49.2 Å². The number of morpholine rings is 1. The summed E-state index contributed by atoms with van der Waals surface area (Å²) in [6.07, 6.45) is 0.0632. The van der Waals surface area contributed by atoms with Crippen LogP contribution in [-0.4, -0.2) is 64.5 Å². The first-order chi connectivity index (χ1) is 16.2. The van der Waals surface area contributed by atoms with Crippen molar-refractivity contribution in [1.29, 1.82) is 0 Å². The number of anilines is 2. The normalized spacial score (nSPS) is 19.3. The lowest BCUT2D eigenvalue weighted by molar-refractivity contribution is -0.122. The van der Waals surface area contributed by atoms with Crippen LogP contribution in [0, 0.1) is 19.8 Å². The van der Waals surface area contributed by atoms with E-state index in [0.29, 0.717) is 43.4 Å². The molecule has 1 N–H and O–H groups in total. The van der Waals surface area contributed by atoms with Gasteiger partial charge in [-0.1, -0.05) is 12.1 Å². The first-order valence-electron chi connectivity index (χ1n) is 11.1. The van der Waals surface area contributed by atoms with Crippen molar-refractivity contribution in [3.8, 4) is 5.75 Å². The molecule has 2 aromatic rings. The van der Waals surface area contributed by atoms with E-state index < -0.39 is 15.9 Å². The number of aryl methyl sites for hydroxylation is 2. The molecule has 2 amide bonds. The monoisotopic (exact) mass is 487 g/mol. The van der Waals surface area contributed by atoms with Gasteiger partial charge in [-0.3, -0.25) is 9.59 Å². The molecule has 0 spiro atoms. The summed E-state index contributed by atoms with van der Waals surface area (Å²) in [6, 6.07) is 10.3. The fourth-order valence-corrected chi connectivity index (χ4v) is 5.63. The molecule has 0 aromatic heterocycles. The van der Waals surface area contributed by atoms with Gasteiger partial charge in [-0.25, -0.2) is 8.42 Å². The van der Waals surface area contributed by atoms with Crippen molar-refractivity contribution in [2.24, 2.45) is 5.92 Å². The van der Waals surface area contributed by atoms with E-state index in [-0.39, 0.29) is 29.7 Å². The summed E-state index contributed by atoms with van der Waals surface area (Å²) in [5.41, 5.74) is 2.76. The highest BCUT2D eigenvalue weighted by Gasteiger charge is 2.36. The number of nitrogens with one attached hydrogen (secondary N) is 1. The second-order valence-electron chi connectivity index (χ2n) is 8.56. The number of ether oxygens (including phenoxy) is 2. The number of sulfonamides is 1. The van der Waals surface area contributed by atoms with Crippen LogP contribution < -0.4 is 15.0 Å². The summed E-state index contributed by atoms with van der Waals surface area (Å²) < 4.78 is 38.1. The molecule has 2 aliphatic heterocycles. The Labute approximate surface area is 199 Å². The second-order valence-corrected chi connectivity index (χ2v) is 10.5. The number of carbonyl (C=O) groups excluding carboxylic acids is 2. The lowest BCUT2D eigenvalue weighted by Gasteiger charge is -2.26. The summed E-state index contributed by atoms with van der Waals surface area (Å²) in [7, 11) is -2.15.